The molecule has 0 saturated carbocycles. The van der Waals surface area contributed by atoms with Crippen molar-refractivity contribution in [1.82, 2.24) is 19.9 Å². The summed E-state index contributed by atoms with van der Waals surface area (Å²) in [4.78, 5) is 20.8. The van der Waals surface area contributed by atoms with Gasteiger partial charge >= 0.3 is 0 Å². The molecule has 146 valence electrons. The van der Waals surface area contributed by atoms with E-state index in [-0.39, 0.29) is 5.91 Å². The Bertz CT molecular complexity index is 892. The highest BCUT2D eigenvalue weighted by atomic mass is 16.5. The smallest absolute Gasteiger partial charge is 0.220 e. The van der Waals surface area contributed by atoms with Crippen LogP contribution in [0.5, 0.6) is 5.75 Å². The topological polar surface area (TPSA) is 81.1 Å². The first-order valence-corrected chi connectivity index (χ1v) is 9.26. The zero-order chi connectivity index (χ0) is 19.8. The Morgan fingerprint density at radius 3 is 2.57 bits per heavy atom. The highest BCUT2D eigenvalue weighted by Crippen LogP contribution is 2.13. The van der Waals surface area contributed by atoms with Crippen molar-refractivity contribution in [3.8, 4) is 11.6 Å². The maximum absolute atomic E-state index is 12.0. The van der Waals surface area contributed by atoms with E-state index < -0.39 is 0 Å². The van der Waals surface area contributed by atoms with Gasteiger partial charge in [-0.3, -0.25) is 4.79 Å². The first kappa shape index (κ1) is 19.4. The second-order valence-electron chi connectivity index (χ2n) is 6.37. The number of nitrogens with one attached hydrogen (secondary N) is 2. The molecule has 0 bridgehead atoms. The van der Waals surface area contributed by atoms with Gasteiger partial charge in [0.05, 0.1) is 7.11 Å². The van der Waals surface area contributed by atoms with Crippen LogP contribution >= 0.6 is 0 Å². The normalized spacial score (nSPS) is 10.5. The first-order chi connectivity index (χ1) is 13.6. The number of carbonyl (C=O) groups excluding carboxylic acids is 1. The summed E-state index contributed by atoms with van der Waals surface area (Å²) in [6.45, 7) is 2.98. The molecule has 0 unspecified atom stereocenters. The van der Waals surface area contributed by atoms with Gasteiger partial charge in [0.2, 0.25) is 5.91 Å². The van der Waals surface area contributed by atoms with Gasteiger partial charge in [0.15, 0.2) is 0 Å². The van der Waals surface area contributed by atoms with Crippen molar-refractivity contribution in [3.05, 3.63) is 66.2 Å². The van der Waals surface area contributed by atoms with Crippen LogP contribution in [0.4, 0.5) is 5.82 Å². The summed E-state index contributed by atoms with van der Waals surface area (Å²) in [7, 11) is 1.64. The molecule has 2 heterocycles. The number of ether oxygens (including phenoxy) is 1. The zero-order valence-electron chi connectivity index (χ0n) is 16.2. The maximum Gasteiger partial charge on any atom is 0.220 e. The predicted molar refractivity (Wildman–Crippen MR) is 109 cm³/mol. The number of hydrogen-bond donors (Lipinski definition) is 2. The van der Waals surface area contributed by atoms with Crippen LogP contribution in [0.15, 0.2) is 54.9 Å². The molecule has 0 aliphatic heterocycles. The number of aryl methyl sites for hydroxylation is 2. The minimum atomic E-state index is 0.0320. The van der Waals surface area contributed by atoms with E-state index in [0.717, 1.165) is 22.9 Å². The fourth-order valence-electron chi connectivity index (χ4n) is 2.79. The number of nitrogens with zero attached hydrogens (tertiary/aromatic N) is 3. The van der Waals surface area contributed by atoms with Gasteiger partial charge in [-0.2, -0.15) is 0 Å². The number of carbonyl (C=O) groups is 1. The van der Waals surface area contributed by atoms with E-state index in [9.17, 15) is 4.79 Å². The summed E-state index contributed by atoms with van der Waals surface area (Å²) >= 11 is 0. The Morgan fingerprint density at radius 1 is 1.11 bits per heavy atom. The predicted octanol–water partition coefficient (Wildman–Crippen LogP) is 2.75. The van der Waals surface area contributed by atoms with Gasteiger partial charge in [-0.15, -0.1) is 0 Å². The van der Waals surface area contributed by atoms with Crippen molar-refractivity contribution < 1.29 is 9.53 Å². The molecule has 1 amide bonds. The van der Waals surface area contributed by atoms with Crippen molar-refractivity contribution in [2.24, 2.45) is 0 Å². The molecule has 0 aliphatic carbocycles. The second-order valence-corrected chi connectivity index (χ2v) is 6.37. The third-order valence-corrected chi connectivity index (χ3v) is 4.25. The Morgan fingerprint density at radius 2 is 1.86 bits per heavy atom. The zero-order valence-corrected chi connectivity index (χ0v) is 16.2. The van der Waals surface area contributed by atoms with E-state index in [2.05, 4.69) is 20.6 Å². The molecule has 28 heavy (non-hydrogen) atoms. The van der Waals surface area contributed by atoms with E-state index >= 15 is 0 Å². The Hall–Kier alpha value is -3.35. The van der Waals surface area contributed by atoms with E-state index in [4.69, 9.17) is 4.74 Å². The lowest BCUT2D eigenvalue weighted by Gasteiger charge is -2.10. The number of amides is 1. The van der Waals surface area contributed by atoms with E-state index in [1.807, 2.05) is 66.3 Å². The minimum absolute atomic E-state index is 0.0320. The molecule has 0 saturated heterocycles. The lowest BCUT2D eigenvalue weighted by atomic mass is 10.1. The van der Waals surface area contributed by atoms with Crippen LogP contribution < -0.4 is 15.4 Å². The molecule has 3 rings (SSSR count). The third-order valence-electron chi connectivity index (χ3n) is 4.25. The number of benzene rings is 1. The van der Waals surface area contributed by atoms with Crippen LogP contribution in [0.2, 0.25) is 0 Å². The van der Waals surface area contributed by atoms with Crippen molar-refractivity contribution in [1.29, 1.82) is 0 Å². The molecular weight excluding hydrogens is 354 g/mol. The molecule has 2 aromatic heterocycles. The fourth-order valence-corrected chi connectivity index (χ4v) is 2.79. The van der Waals surface area contributed by atoms with E-state index in [1.54, 1.807) is 7.11 Å². The van der Waals surface area contributed by atoms with E-state index in [0.29, 0.717) is 31.8 Å². The first-order valence-electron chi connectivity index (χ1n) is 9.26. The number of methoxy groups -OCH3 is 1. The van der Waals surface area contributed by atoms with Gasteiger partial charge in [0, 0.05) is 38.0 Å². The van der Waals surface area contributed by atoms with Gasteiger partial charge in [-0.05, 0) is 43.2 Å². The Balaban J connectivity index is 1.41. The lowest BCUT2D eigenvalue weighted by molar-refractivity contribution is -0.120. The summed E-state index contributed by atoms with van der Waals surface area (Å²) < 4.78 is 7.07. The molecule has 0 atom stereocenters. The summed E-state index contributed by atoms with van der Waals surface area (Å²) in [6, 6.07) is 13.6. The Labute approximate surface area is 164 Å². The molecule has 2 N–H and O–H groups in total. The van der Waals surface area contributed by atoms with Gasteiger partial charge in [-0.25, -0.2) is 9.97 Å². The van der Waals surface area contributed by atoms with Gasteiger partial charge in [-0.1, -0.05) is 12.1 Å². The lowest BCUT2D eigenvalue weighted by Crippen LogP contribution is -2.29. The molecular formula is C21H25N5O2. The van der Waals surface area contributed by atoms with Crippen LogP contribution in [0.3, 0.4) is 0 Å². The molecule has 7 heteroatoms. The highest BCUT2D eigenvalue weighted by molar-refractivity contribution is 5.76. The number of hydrogen-bond acceptors (Lipinski definition) is 5. The minimum Gasteiger partial charge on any atom is -0.497 e. The summed E-state index contributed by atoms with van der Waals surface area (Å²) in [5.41, 5.74) is 1.11. The number of anilines is 1. The van der Waals surface area contributed by atoms with Crippen LogP contribution in [0.25, 0.3) is 5.82 Å². The molecule has 0 spiro atoms. The van der Waals surface area contributed by atoms with Gasteiger partial charge in [0.25, 0.3) is 0 Å². The van der Waals surface area contributed by atoms with Crippen LogP contribution in [-0.2, 0) is 11.2 Å². The molecule has 1 aromatic carbocycles. The van der Waals surface area contributed by atoms with Crippen molar-refractivity contribution in [2.45, 2.75) is 19.8 Å². The SMILES string of the molecule is COc1ccc(CCC(=O)NCCNc2cc(-n3cccc3)nc(C)n2)cc1. The fraction of sp³-hybridized carbons (Fsp3) is 0.286. The molecule has 0 radical (unpaired) electrons. The summed E-state index contributed by atoms with van der Waals surface area (Å²) in [6.07, 6.45) is 5.04. The average Bonchev–Trinajstić information content (AvgIpc) is 3.25. The summed E-state index contributed by atoms with van der Waals surface area (Å²) in [5, 5.41) is 6.16. The van der Waals surface area contributed by atoms with Crippen molar-refractivity contribution in [3.63, 3.8) is 0 Å². The average molecular weight is 379 g/mol. The van der Waals surface area contributed by atoms with Crippen LogP contribution in [0.1, 0.15) is 17.8 Å². The standard InChI is InChI=1S/C21H25N5O2/c1-16-24-19(15-20(25-16)26-13-3-4-14-26)22-11-12-23-21(27)10-7-17-5-8-18(28-2)9-6-17/h3-6,8-9,13-15H,7,10-12H2,1-2H3,(H,23,27)(H,22,24,25). The molecule has 7 nitrogen and oxygen atoms in total. The maximum atomic E-state index is 12.0. The van der Waals surface area contributed by atoms with Crippen LogP contribution in [-0.4, -0.2) is 40.6 Å². The summed E-state index contributed by atoms with van der Waals surface area (Å²) in [5.74, 6) is 3.09. The Kier molecular flexibility index (Phi) is 6.62. The van der Waals surface area contributed by atoms with Gasteiger partial charge < -0.3 is 19.9 Å². The largest absolute Gasteiger partial charge is 0.497 e. The number of aromatic nitrogens is 3. The second kappa shape index (κ2) is 9.55. The van der Waals surface area contributed by atoms with Crippen LogP contribution in [0, 0.1) is 6.92 Å². The van der Waals surface area contributed by atoms with Gasteiger partial charge in [0.1, 0.15) is 23.2 Å². The molecule has 0 fully saturated rings. The van der Waals surface area contributed by atoms with Crippen molar-refractivity contribution >= 4 is 11.7 Å². The molecule has 0 aliphatic rings. The number of rotatable bonds is 9. The highest BCUT2D eigenvalue weighted by Gasteiger charge is 2.05. The molecule has 3 aromatic rings. The quantitative estimate of drug-likeness (QED) is 0.559. The van der Waals surface area contributed by atoms with Crippen molar-refractivity contribution in [2.75, 3.05) is 25.5 Å². The monoisotopic (exact) mass is 379 g/mol. The van der Waals surface area contributed by atoms with E-state index in [1.165, 1.54) is 0 Å². The third kappa shape index (κ3) is 5.57.